The highest BCUT2D eigenvalue weighted by Crippen LogP contribution is 2.33. The lowest BCUT2D eigenvalue weighted by Crippen LogP contribution is -2.26. The van der Waals surface area contributed by atoms with Crippen LogP contribution < -0.4 is 10.9 Å². The Morgan fingerprint density at radius 1 is 1.26 bits per heavy atom. The van der Waals surface area contributed by atoms with Crippen molar-refractivity contribution in [2.45, 2.75) is 38.9 Å². The highest BCUT2D eigenvalue weighted by molar-refractivity contribution is 6.33. The maximum Gasteiger partial charge on any atom is 0.416 e. The van der Waals surface area contributed by atoms with Crippen LogP contribution in [0, 0.1) is 0 Å². The van der Waals surface area contributed by atoms with Gasteiger partial charge in [0.05, 0.1) is 29.5 Å². The third-order valence-electron chi connectivity index (χ3n) is 5.37. The van der Waals surface area contributed by atoms with Crippen LogP contribution in [0.2, 0.25) is 5.02 Å². The summed E-state index contributed by atoms with van der Waals surface area (Å²) < 4.78 is 46.8. The Bertz CT molecular complexity index is 1330. The molecule has 0 bridgehead atoms. The van der Waals surface area contributed by atoms with Gasteiger partial charge in [-0.15, -0.1) is 5.10 Å². The Labute approximate surface area is 197 Å². The average Bonchev–Trinajstić information content (AvgIpc) is 3.05. The number of hydrogen-bond acceptors (Lipinski definition) is 5. The Morgan fingerprint density at radius 2 is 2.06 bits per heavy atom. The lowest BCUT2D eigenvalue weighted by molar-refractivity contribution is -0.137. The number of anilines is 1. The molecule has 4 rings (SSSR count). The number of carbonyl (C=O) groups excluding carboxylic acids is 1. The summed E-state index contributed by atoms with van der Waals surface area (Å²) in [5, 5.41) is 6.63. The Kier molecular flexibility index (Phi) is 6.76. The van der Waals surface area contributed by atoms with Gasteiger partial charge in [-0.05, 0) is 43.0 Å². The van der Waals surface area contributed by atoms with Gasteiger partial charge in [-0.2, -0.15) is 22.7 Å². The van der Waals surface area contributed by atoms with Crippen LogP contribution in [0.4, 0.5) is 18.9 Å². The topological polar surface area (TPSA) is 90.5 Å². The van der Waals surface area contributed by atoms with Crippen LogP contribution in [0.25, 0.3) is 11.4 Å². The number of halogens is 4. The third kappa shape index (κ3) is 5.00. The van der Waals surface area contributed by atoms with Gasteiger partial charge in [-0.3, -0.25) is 9.59 Å². The van der Waals surface area contributed by atoms with Crippen molar-refractivity contribution >= 4 is 34.5 Å². The smallest absolute Gasteiger partial charge is 0.381 e. The van der Waals surface area contributed by atoms with E-state index in [1.54, 1.807) is 4.57 Å². The van der Waals surface area contributed by atoms with Gasteiger partial charge < -0.3 is 14.6 Å². The number of amides is 1. The summed E-state index contributed by atoms with van der Waals surface area (Å²) in [4.78, 5) is 29.9. The summed E-state index contributed by atoms with van der Waals surface area (Å²) in [5.74, 6) is 0.0309. The summed E-state index contributed by atoms with van der Waals surface area (Å²) >= 11 is 5.95. The number of aryl methyl sites for hydroxylation is 1. The number of aromatic nitrogens is 4. The lowest BCUT2D eigenvalue weighted by atomic mass is 10.1. The van der Waals surface area contributed by atoms with Gasteiger partial charge in [0.2, 0.25) is 11.7 Å². The number of nitrogens with zero attached hydrogens (tertiary/aromatic N) is 4. The van der Waals surface area contributed by atoms with Crippen LogP contribution in [0.3, 0.4) is 0 Å². The van der Waals surface area contributed by atoms with Crippen LogP contribution in [0.5, 0.6) is 0 Å². The van der Waals surface area contributed by atoms with Crippen LogP contribution in [0.1, 0.15) is 36.8 Å². The van der Waals surface area contributed by atoms with Crippen LogP contribution in [-0.4, -0.2) is 38.3 Å². The van der Waals surface area contributed by atoms with E-state index in [1.807, 2.05) is 13.0 Å². The van der Waals surface area contributed by atoms with E-state index in [0.29, 0.717) is 44.0 Å². The molecule has 0 unspecified atom stereocenters. The lowest BCUT2D eigenvalue weighted by Gasteiger charge is -2.14. The fourth-order valence-electron chi connectivity index (χ4n) is 3.67. The third-order valence-corrected chi connectivity index (χ3v) is 5.68. The van der Waals surface area contributed by atoms with Crippen LogP contribution >= 0.6 is 11.6 Å². The molecule has 2 aromatic heterocycles. The number of ether oxygens (including phenoxy) is 1. The molecule has 0 spiro atoms. The zero-order chi connectivity index (χ0) is 24.5. The van der Waals surface area contributed by atoms with Crippen molar-refractivity contribution in [1.29, 1.82) is 0 Å². The van der Waals surface area contributed by atoms with Crippen molar-refractivity contribution in [2.75, 3.05) is 18.5 Å². The van der Waals surface area contributed by atoms with E-state index in [-0.39, 0.29) is 28.6 Å². The molecule has 0 aliphatic carbocycles. The first-order chi connectivity index (χ1) is 16.2. The normalized spacial score (nSPS) is 14.7. The number of benzene rings is 1. The van der Waals surface area contributed by atoms with E-state index in [9.17, 15) is 22.8 Å². The molecule has 1 aromatic carbocycles. The molecule has 180 valence electrons. The van der Waals surface area contributed by atoms with E-state index >= 15 is 0 Å². The Balaban J connectivity index is 1.65. The summed E-state index contributed by atoms with van der Waals surface area (Å²) in [7, 11) is 0. The Morgan fingerprint density at radius 3 is 2.76 bits per heavy atom. The molecule has 34 heavy (non-hydrogen) atoms. The monoisotopic (exact) mass is 495 g/mol. The van der Waals surface area contributed by atoms with Crippen molar-refractivity contribution < 1.29 is 22.7 Å². The molecule has 0 fully saturated rings. The molecule has 1 aliphatic rings. The fourth-order valence-corrected chi connectivity index (χ4v) is 3.90. The van der Waals surface area contributed by atoms with Crippen molar-refractivity contribution in [2.24, 2.45) is 0 Å². The molecule has 0 saturated carbocycles. The van der Waals surface area contributed by atoms with Gasteiger partial charge in [-0.1, -0.05) is 24.6 Å². The Hall–Kier alpha value is -3.18. The van der Waals surface area contributed by atoms with Crippen LogP contribution in [0.15, 0.2) is 35.1 Å². The number of alkyl halides is 3. The van der Waals surface area contributed by atoms with Crippen molar-refractivity contribution in [3.63, 3.8) is 0 Å². The SMILES string of the molecule is CCc1cc(=O)n2nc(C3=CCCOCC3)nc2n1CC(=O)Nc1ccc(C(F)(F)F)cc1Cl. The van der Waals surface area contributed by atoms with Crippen LogP contribution in [-0.2, 0) is 28.7 Å². The van der Waals surface area contributed by atoms with Gasteiger partial charge in [-0.25, -0.2) is 0 Å². The zero-order valence-corrected chi connectivity index (χ0v) is 18.9. The minimum atomic E-state index is -4.55. The van der Waals surface area contributed by atoms with E-state index in [2.05, 4.69) is 15.4 Å². The van der Waals surface area contributed by atoms with Crippen molar-refractivity contribution in [3.05, 3.63) is 62.8 Å². The van der Waals surface area contributed by atoms with Gasteiger partial charge >= 0.3 is 6.18 Å². The maximum absolute atomic E-state index is 12.9. The minimum Gasteiger partial charge on any atom is -0.381 e. The van der Waals surface area contributed by atoms with Gasteiger partial charge in [0.1, 0.15) is 6.54 Å². The largest absolute Gasteiger partial charge is 0.416 e. The molecule has 0 saturated heterocycles. The molecule has 1 aliphatic heterocycles. The molecular formula is C22H21ClF3N5O3. The second-order valence-corrected chi connectivity index (χ2v) is 8.09. The molecule has 1 N–H and O–H groups in total. The first-order valence-electron chi connectivity index (χ1n) is 10.6. The second kappa shape index (κ2) is 9.59. The number of nitrogens with one attached hydrogen (secondary N) is 1. The minimum absolute atomic E-state index is 0.0422. The van der Waals surface area contributed by atoms with Crippen molar-refractivity contribution in [3.8, 4) is 0 Å². The molecule has 3 aromatic rings. The summed E-state index contributed by atoms with van der Waals surface area (Å²) in [6.45, 7) is 2.69. The second-order valence-electron chi connectivity index (χ2n) is 7.68. The molecule has 0 atom stereocenters. The first kappa shape index (κ1) is 24.0. The standard InChI is InChI=1S/C22H21ClF3N5O3/c1-2-15-11-19(33)31-21(28-20(29-31)13-4-3-8-34-9-7-13)30(15)12-18(32)27-17-6-5-14(10-16(17)23)22(24,25)26/h4-6,10-11H,2-3,7-9,12H2,1H3,(H,27,32). The average molecular weight is 496 g/mol. The highest BCUT2D eigenvalue weighted by atomic mass is 35.5. The highest BCUT2D eigenvalue weighted by Gasteiger charge is 2.31. The molecule has 0 radical (unpaired) electrons. The van der Waals surface area contributed by atoms with E-state index < -0.39 is 17.6 Å². The predicted octanol–water partition coefficient (Wildman–Crippen LogP) is 3.96. The van der Waals surface area contributed by atoms with E-state index in [4.69, 9.17) is 16.3 Å². The van der Waals surface area contributed by atoms with Gasteiger partial charge in [0.15, 0.2) is 5.82 Å². The summed E-state index contributed by atoms with van der Waals surface area (Å²) in [6, 6.07) is 4.07. The molecule has 3 heterocycles. The maximum atomic E-state index is 12.9. The van der Waals surface area contributed by atoms with E-state index in [1.165, 1.54) is 6.07 Å². The first-order valence-corrected chi connectivity index (χ1v) is 11.0. The zero-order valence-electron chi connectivity index (χ0n) is 18.2. The number of fused-ring (bicyclic) bond motifs is 1. The molecule has 12 heteroatoms. The quantitative estimate of drug-likeness (QED) is 0.578. The molecule has 1 amide bonds. The van der Waals surface area contributed by atoms with E-state index in [0.717, 1.165) is 28.3 Å². The van der Waals surface area contributed by atoms with Gasteiger partial charge in [0.25, 0.3) is 5.56 Å². The summed E-state index contributed by atoms with van der Waals surface area (Å²) in [5.41, 5.74) is 0.161. The fraction of sp³-hybridized carbons (Fsp3) is 0.364. The van der Waals surface area contributed by atoms with Gasteiger partial charge in [0, 0.05) is 11.8 Å². The number of rotatable bonds is 5. The predicted molar refractivity (Wildman–Crippen MR) is 120 cm³/mol. The summed E-state index contributed by atoms with van der Waals surface area (Å²) in [6.07, 6.45) is -0.840. The van der Waals surface area contributed by atoms with Crippen molar-refractivity contribution in [1.82, 2.24) is 19.2 Å². The molecular weight excluding hydrogens is 475 g/mol. The number of carbonyl (C=O) groups is 1. The molecule has 8 nitrogen and oxygen atoms in total. The number of hydrogen-bond donors (Lipinski definition) is 1.